The number of carbonyl (C=O) groups excluding carboxylic acids is 1. The van der Waals surface area contributed by atoms with E-state index in [4.69, 9.17) is 4.74 Å². The minimum absolute atomic E-state index is 0.0162. The van der Waals surface area contributed by atoms with Crippen molar-refractivity contribution in [1.29, 1.82) is 0 Å². The number of nitrogens with zero attached hydrogens (tertiary/aromatic N) is 6. The van der Waals surface area contributed by atoms with Gasteiger partial charge in [-0.05, 0) is 31.7 Å². The molecule has 0 atom stereocenters. The van der Waals surface area contributed by atoms with E-state index in [1.165, 1.54) is 0 Å². The maximum Gasteiger partial charge on any atom is 0.229 e. The number of hydrogen-bond acceptors (Lipinski definition) is 7. The zero-order valence-corrected chi connectivity index (χ0v) is 17.7. The first-order valence-corrected chi connectivity index (χ1v) is 10.9. The van der Waals surface area contributed by atoms with Gasteiger partial charge in [0.2, 0.25) is 11.9 Å². The second kappa shape index (κ2) is 8.68. The van der Waals surface area contributed by atoms with E-state index in [0.29, 0.717) is 12.0 Å². The Labute approximate surface area is 180 Å². The van der Waals surface area contributed by atoms with Crippen LogP contribution in [0.1, 0.15) is 25.7 Å². The first-order chi connectivity index (χ1) is 15.2. The molecule has 5 rings (SSSR count). The number of aryl methyl sites for hydroxylation is 1. The van der Waals surface area contributed by atoms with Gasteiger partial charge in [0.15, 0.2) is 0 Å². The molecule has 9 heteroatoms. The summed E-state index contributed by atoms with van der Waals surface area (Å²) in [7, 11) is 1.84. The molecule has 1 saturated heterocycles. The molecule has 3 heterocycles. The topological polar surface area (TPSA) is 98.1 Å². The van der Waals surface area contributed by atoms with Gasteiger partial charge in [-0.1, -0.05) is 17.3 Å². The summed E-state index contributed by atoms with van der Waals surface area (Å²) in [5.74, 6) is 0.386. The Kier molecular flexibility index (Phi) is 5.61. The van der Waals surface area contributed by atoms with E-state index in [0.717, 1.165) is 74.1 Å². The number of morpholine rings is 1. The Morgan fingerprint density at radius 3 is 2.71 bits per heavy atom. The molecule has 0 spiro atoms. The van der Waals surface area contributed by atoms with Gasteiger partial charge in [-0.15, -0.1) is 5.10 Å². The summed E-state index contributed by atoms with van der Waals surface area (Å²) in [6, 6.07) is 6.45. The van der Waals surface area contributed by atoms with Gasteiger partial charge in [-0.2, -0.15) is 0 Å². The first-order valence-electron chi connectivity index (χ1n) is 10.9. The SMILES string of the molecule is Cn1cc(-c2ccc3cnc(NC(=O)C4CCC(N5CCOCC5)CC4)nc3c2)nn1. The highest BCUT2D eigenvalue weighted by molar-refractivity contribution is 5.92. The third-order valence-electron chi connectivity index (χ3n) is 6.35. The van der Waals surface area contributed by atoms with Crippen LogP contribution in [0.3, 0.4) is 0 Å². The van der Waals surface area contributed by atoms with Crippen molar-refractivity contribution < 1.29 is 9.53 Å². The lowest BCUT2D eigenvalue weighted by Gasteiger charge is -2.38. The number of amides is 1. The van der Waals surface area contributed by atoms with E-state index in [1.54, 1.807) is 10.9 Å². The van der Waals surface area contributed by atoms with Crippen LogP contribution in [0.15, 0.2) is 30.6 Å². The number of benzene rings is 1. The van der Waals surface area contributed by atoms with E-state index < -0.39 is 0 Å². The van der Waals surface area contributed by atoms with Crippen LogP contribution in [0.25, 0.3) is 22.2 Å². The largest absolute Gasteiger partial charge is 0.379 e. The van der Waals surface area contributed by atoms with Crippen LogP contribution in [-0.2, 0) is 16.6 Å². The summed E-state index contributed by atoms with van der Waals surface area (Å²) in [4.78, 5) is 24.3. The van der Waals surface area contributed by atoms with E-state index in [-0.39, 0.29) is 11.8 Å². The second-order valence-corrected chi connectivity index (χ2v) is 8.39. The van der Waals surface area contributed by atoms with Crippen LogP contribution in [0, 0.1) is 5.92 Å². The van der Waals surface area contributed by atoms with Gasteiger partial charge >= 0.3 is 0 Å². The summed E-state index contributed by atoms with van der Waals surface area (Å²) in [6.45, 7) is 3.64. The van der Waals surface area contributed by atoms with Crippen LogP contribution < -0.4 is 5.32 Å². The molecule has 31 heavy (non-hydrogen) atoms. The average molecular weight is 422 g/mol. The van der Waals surface area contributed by atoms with Crippen LogP contribution in [0.5, 0.6) is 0 Å². The van der Waals surface area contributed by atoms with E-state index in [9.17, 15) is 4.79 Å². The summed E-state index contributed by atoms with van der Waals surface area (Å²) in [5, 5.41) is 12.0. The van der Waals surface area contributed by atoms with Crippen LogP contribution >= 0.6 is 0 Å². The number of nitrogens with one attached hydrogen (secondary N) is 1. The summed E-state index contributed by atoms with van der Waals surface area (Å²) >= 11 is 0. The van der Waals surface area contributed by atoms with Crippen molar-refractivity contribution >= 4 is 22.8 Å². The molecular weight excluding hydrogens is 394 g/mol. The molecule has 162 valence electrons. The van der Waals surface area contributed by atoms with Crippen molar-refractivity contribution in [3.63, 3.8) is 0 Å². The standard InChI is InChI=1S/C22H27N7O2/c1-28-14-20(26-27-28)16-2-3-17-13-23-22(24-19(17)12-16)25-21(30)15-4-6-18(7-5-15)29-8-10-31-11-9-29/h2-3,12-15,18H,4-11H2,1H3,(H,23,24,25,30). The van der Waals surface area contributed by atoms with Crippen LogP contribution in [-0.4, -0.2) is 68.1 Å². The summed E-state index contributed by atoms with van der Waals surface area (Å²) in [5.41, 5.74) is 2.48. The molecule has 1 N–H and O–H groups in total. The maximum atomic E-state index is 12.8. The van der Waals surface area contributed by atoms with Gasteiger partial charge in [-0.3, -0.25) is 19.7 Å². The predicted molar refractivity (Wildman–Crippen MR) is 116 cm³/mol. The van der Waals surface area contributed by atoms with E-state index in [2.05, 4.69) is 30.5 Å². The van der Waals surface area contributed by atoms with Gasteiger partial charge < -0.3 is 4.74 Å². The lowest BCUT2D eigenvalue weighted by Crippen LogP contribution is -2.45. The molecule has 1 amide bonds. The molecule has 3 aromatic rings. The highest BCUT2D eigenvalue weighted by atomic mass is 16.5. The number of fused-ring (bicyclic) bond motifs is 1. The fourth-order valence-electron chi connectivity index (χ4n) is 4.58. The molecule has 9 nitrogen and oxygen atoms in total. The monoisotopic (exact) mass is 421 g/mol. The summed E-state index contributed by atoms with van der Waals surface area (Å²) in [6.07, 6.45) is 7.51. The highest BCUT2D eigenvalue weighted by Crippen LogP contribution is 2.29. The Morgan fingerprint density at radius 2 is 1.97 bits per heavy atom. The normalized spacial score (nSPS) is 22.5. The molecular formula is C22H27N7O2. The highest BCUT2D eigenvalue weighted by Gasteiger charge is 2.30. The molecule has 0 bridgehead atoms. The van der Waals surface area contributed by atoms with Crippen molar-refractivity contribution in [3.8, 4) is 11.3 Å². The Balaban J connectivity index is 1.24. The third kappa shape index (κ3) is 4.42. The number of aromatic nitrogens is 5. The fraction of sp³-hybridized carbons (Fsp3) is 0.500. The Bertz CT molecular complexity index is 1070. The minimum atomic E-state index is 0.0162. The molecule has 1 saturated carbocycles. The van der Waals surface area contributed by atoms with E-state index >= 15 is 0 Å². The van der Waals surface area contributed by atoms with Crippen molar-refractivity contribution in [2.45, 2.75) is 31.7 Å². The van der Waals surface area contributed by atoms with E-state index in [1.807, 2.05) is 31.4 Å². The average Bonchev–Trinajstić information content (AvgIpc) is 3.25. The summed E-state index contributed by atoms with van der Waals surface area (Å²) < 4.78 is 7.12. The van der Waals surface area contributed by atoms with Gasteiger partial charge in [0.05, 0.1) is 24.9 Å². The first kappa shape index (κ1) is 20.0. The zero-order valence-electron chi connectivity index (χ0n) is 17.7. The van der Waals surface area contributed by atoms with Crippen molar-refractivity contribution in [3.05, 3.63) is 30.6 Å². The predicted octanol–water partition coefficient (Wildman–Crippen LogP) is 2.25. The van der Waals surface area contributed by atoms with Gasteiger partial charge in [-0.25, -0.2) is 9.97 Å². The molecule has 1 aliphatic carbocycles. The number of ether oxygens (including phenoxy) is 1. The lowest BCUT2D eigenvalue weighted by molar-refractivity contribution is -0.121. The van der Waals surface area contributed by atoms with Crippen LogP contribution in [0.2, 0.25) is 0 Å². The lowest BCUT2D eigenvalue weighted by atomic mass is 9.84. The minimum Gasteiger partial charge on any atom is -0.379 e. The maximum absolute atomic E-state index is 12.8. The Hall–Kier alpha value is -2.91. The molecule has 1 aromatic carbocycles. The molecule has 1 aliphatic heterocycles. The number of hydrogen-bond donors (Lipinski definition) is 1. The number of rotatable bonds is 4. The van der Waals surface area contributed by atoms with Crippen LogP contribution in [0.4, 0.5) is 5.95 Å². The molecule has 0 radical (unpaired) electrons. The quantitative estimate of drug-likeness (QED) is 0.690. The smallest absolute Gasteiger partial charge is 0.229 e. The van der Waals surface area contributed by atoms with Crippen molar-refractivity contribution in [2.75, 3.05) is 31.6 Å². The fourth-order valence-corrected chi connectivity index (χ4v) is 4.58. The molecule has 2 aromatic heterocycles. The Morgan fingerprint density at radius 1 is 1.16 bits per heavy atom. The zero-order chi connectivity index (χ0) is 21.2. The molecule has 2 fully saturated rings. The number of carbonyl (C=O) groups is 1. The number of anilines is 1. The third-order valence-corrected chi connectivity index (χ3v) is 6.35. The second-order valence-electron chi connectivity index (χ2n) is 8.39. The van der Waals surface area contributed by atoms with Gasteiger partial charge in [0, 0.05) is 49.2 Å². The van der Waals surface area contributed by atoms with Gasteiger partial charge in [0.25, 0.3) is 0 Å². The molecule has 0 unspecified atom stereocenters. The molecule has 2 aliphatic rings. The van der Waals surface area contributed by atoms with Gasteiger partial charge in [0.1, 0.15) is 5.69 Å². The van der Waals surface area contributed by atoms with Crippen molar-refractivity contribution in [2.24, 2.45) is 13.0 Å². The van der Waals surface area contributed by atoms with Crippen molar-refractivity contribution in [1.82, 2.24) is 29.9 Å².